The molecule has 0 amide bonds. The third-order valence-corrected chi connectivity index (χ3v) is 15.9. The van der Waals surface area contributed by atoms with Gasteiger partial charge in [0.1, 0.15) is 11.5 Å². The van der Waals surface area contributed by atoms with Crippen LogP contribution in [0.4, 0.5) is 0 Å². The van der Waals surface area contributed by atoms with Crippen molar-refractivity contribution >= 4 is 39.6 Å². The van der Waals surface area contributed by atoms with Crippen LogP contribution in [0.1, 0.15) is 234 Å². The molecule has 1 aliphatic heterocycles. The van der Waals surface area contributed by atoms with Crippen molar-refractivity contribution in [3.8, 4) is 5.75 Å². The molecule has 13 unspecified atom stereocenters. The molecule has 8 bridgehead atoms. The van der Waals surface area contributed by atoms with Gasteiger partial charge in [-0.2, -0.15) is 36.4 Å². The maximum Gasteiger partial charge on any atom is 2.00 e. The SMILES string of the molecule is C1CC2CC1C1OC21.CC.CC.CC.CC.CC.CC.CC.CC.O=C1C2CCC(C2)C1c1ccccc1.OC1C2CCC(C2)C1c1ccccc1.Oc1cc2c(c3ccccc13)C1CCC2C1.[Br-].[Mg+2].[c-]1ccccc1. The van der Waals surface area contributed by atoms with E-state index in [1.165, 1.54) is 91.8 Å². The number of phenols is 1. The molecule has 6 heteroatoms. The molecule has 0 aromatic heterocycles. The zero-order valence-corrected chi connectivity index (χ0v) is 53.8. The Hall–Kier alpha value is -3.00. The van der Waals surface area contributed by atoms with Gasteiger partial charge in [-0.05, 0) is 152 Å². The molecular formula is C70H107BrMgO4. The minimum absolute atomic E-state index is 0. The van der Waals surface area contributed by atoms with Crippen LogP contribution in [0.15, 0.2) is 121 Å². The second-order valence-electron chi connectivity index (χ2n) is 18.9. The molecule has 4 nitrogen and oxygen atoms in total. The molecule has 8 fully saturated rings. The molecular weight excluding hydrogens is 1010 g/mol. The first-order chi connectivity index (χ1) is 36.5. The molecule has 9 aliphatic rings. The average molecular weight is 1120 g/mol. The molecule has 76 heavy (non-hydrogen) atoms. The molecule has 0 radical (unpaired) electrons. The monoisotopic (exact) mass is 1110 g/mol. The average Bonchev–Trinajstić information content (AvgIpc) is 4.33. The van der Waals surface area contributed by atoms with Gasteiger partial charge < -0.3 is 31.9 Å². The normalized spacial score (nSPS) is 27.6. The summed E-state index contributed by atoms with van der Waals surface area (Å²) in [5.41, 5.74) is 5.54. The first-order valence-corrected chi connectivity index (χ1v) is 30.6. The van der Waals surface area contributed by atoms with Crippen LogP contribution in [0, 0.1) is 41.6 Å². The number of phenolic OH excluding ortho intramolecular Hbond substituents is 1. The number of Topliss-reactive ketones (excluding diaryl/α,β-unsaturated/α-hetero) is 1. The summed E-state index contributed by atoms with van der Waals surface area (Å²) in [6.07, 6.45) is 17.2. The second kappa shape index (κ2) is 41.1. The molecule has 5 aromatic carbocycles. The van der Waals surface area contributed by atoms with Crippen molar-refractivity contribution < 1.29 is 36.7 Å². The van der Waals surface area contributed by atoms with E-state index >= 15 is 0 Å². The number of aromatic hydroxyl groups is 1. The van der Waals surface area contributed by atoms with Gasteiger partial charge in [-0.1, -0.05) is 196 Å². The molecule has 7 saturated carbocycles. The molecule has 14 rings (SSSR count). The largest absolute Gasteiger partial charge is 2.00 e. The minimum atomic E-state index is -0.0730. The number of aliphatic hydroxyl groups excluding tert-OH is 1. The fourth-order valence-electron chi connectivity index (χ4n) is 13.2. The van der Waals surface area contributed by atoms with E-state index < -0.39 is 0 Å². The number of epoxide rings is 1. The smallest absolute Gasteiger partial charge is 1.00 e. The number of fused-ring (bicyclic) bond motifs is 16. The summed E-state index contributed by atoms with van der Waals surface area (Å²) in [7, 11) is 0. The van der Waals surface area contributed by atoms with Crippen LogP contribution in [0.3, 0.4) is 0 Å². The summed E-state index contributed by atoms with van der Waals surface area (Å²) < 4.78 is 5.44. The van der Waals surface area contributed by atoms with Crippen molar-refractivity contribution in [2.24, 2.45) is 35.5 Å². The number of halogens is 1. The Labute approximate surface area is 493 Å². The Balaban J connectivity index is 0.000000880. The summed E-state index contributed by atoms with van der Waals surface area (Å²) in [5, 5.41) is 22.5. The number of benzene rings is 5. The summed E-state index contributed by atoms with van der Waals surface area (Å²) >= 11 is 0. The van der Waals surface area contributed by atoms with Gasteiger partial charge in [0.15, 0.2) is 0 Å². The van der Waals surface area contributed by atoms with E-state index in [1.54, 1.807) is 0 Å². The van der Waals surface area contributed by atoms with Crippen molar-refractivity contribution in [3.05, 3.63) is 150 Å². The number of ketones is 1. The van der Waals surface area contributed by atoms with E-state index in [-0.39, 0.29) is 52.1 Å². The fourth-order valence-corrected chi connectivity index (χ4v) is 13.2. The van der Waals surface area contributed by atoms with Crippen LogP contribution >= 0.6 is 0 Å². The minimum Gasteiger partial charge on any atom is -1.00 e. The number of carbonyl (C=O) groups is 1. The van der Waals surface area contributed by atoms with Crippen molar-refractivity contribution in [3.63, 3.8) is 0 Å². The van der Waals surface area contributed by atoms with E-state index in [4.69, 9.17) is 4.74 Å². The predicted octanol–water partition coefficient (Wildman–Crippen LogP) is 16.7. The van der Waals surface area contributed by atoms with E-state index in [2.05, 4.69) is 54.6 Å². The van der Waals surface area contributed by atoms with Gasteiger partial charge in [0.25, 0.3) is 0 Å². The number of hydrogen-bond acceptors (Lipinski definition) is 4. The number of aliphatic hydroxyl groups is 1. The Morgan fingerprint density at radius 3 is 1.34 bits per heavy atom. The van der Waals surface area contributed by atoms with Crippen molar-refractivity contribution in [2.45, 2.75) is 230 Å². The van der Waals surface area contributed by atoms with E-state index in [9.17, 15) is 15.0 Å². The topological polar surface area (TPSA) is 70.1 Å². The molecule has 0 spiro atoms. The Morgan fingerprint density at radius 2 is 0.895 bits per heavy atom. The molecule has 1 heterocycles. The third-order valence-electron chi connectivity index (χ3n) is 15.9. The van der Waals surface area contributed by atoms with Gasteiger partial charge in [-0.15, -0.1) is 0 Å². The molecule has 420 valence electrons. The summed E-state index contributed by atoms with van der Waals surface area (Å²) in [6.45, 7) is 32.0. The number of hydrogen-bond donors (Lipinski definition) is 2. The van der Waals surface area contributed by atoms with E-state index in [0.29, 0.717) is 35.2 Å². The van der Waals surface area contributed by atoms with Gasteiger partial charge in [-0.25, -0.2) is 0 Å². The van der Waals surface area contributed by atoms with E-state index in [0.717, 1.165) is 60.0 Å². The van der Waals surface area contributed by atoms with Gasteiger partial charge in [0.2, 0.25) is 0 Å². The van der Waals surface area contributed by atoms with Crippen LogP contribution < -0.4 is 17.0 Å². The van der Waals surface area contributed by atoms with Gasteiger partial charge >= 0.3 is 23.1 Å². The standard InChI is InChI=1S/C15H14O.C13H16O.C13H14O.C7H10O.C6H5.8C2H6.BrH.Mg/c16-14-8-13-9-5-6-10(7-9)15(13)12-4-2-1-3-11(12)14;2*14-13-11-7-6-10(8-11)12(13)9-4-2-1-3-5-9;1-2-5-3-4(1)6-7(5)8-6;1-2-4-6-5-3-1;8*1-2;;/h1-4,8-10,16H,5-7H2;1-5,10-14H,6-8H2;1-5,10-12H,6-8H2;4-7H,1-3H2;1-5H;8*1-2H3;1H;/q;;;;-1;;;;;;;;;;+2/p-1. The molecule has 1 saturated heterocycles. The van der Waals surface area contributed by atoms with Crippen LogP contribution in [-0.2, 0) is 9.53 Å². The van der Waals surface area contributed by atoms with Crippen LogP contribution in [0.2, 0.25) is 0 Å². The quantitative estimate of drug-likeness (QED) is 0.105. The number of rotatable bonds is 2. The Kier molecular flexibility index (Phi) is 39.4. The van der Waals surface area contributed by atoms with Crippen molar-refractivity contribution in [2.75, 3.05) is 0 Å². The summed E-state index contributed by atoms with van der Waals surface area (Å²) in [4.78, 5) is 12.0. The molecule has 5 aromatic rings. The van der Waals surface area contributed by atoms with Crippen LogP contribution in [0.5, 0.6) is 5.75 Å². The zero-order valence-electron chi connectivity index (χ0n) is 50.8. The number of carbonyl (C=O) groups excluding carboxylic acids is 1. The summed E-state index contributed by atoms with van der Waals surface area (Å²) in [5.74, 6) is 7.46. The van der Waals surface area contributed by atoms with Crippen LogP contribution in [-0.4, -0.2) is 57.4 Å². The maximum atomic E-state index is 12.0. The first kappa shape index (κ1) is 73.0. The first-order valence-electron chi connectivity index (χ1n) is 30.6. The Bertz CT molecular complexity index is 2140. The number of ether oxygens (including phenoxy) is 1. The van der Waals surface area contributed by atoms with Crippen LogP contribution in [0.25, 0.3) is 10.8 Å². The zero-order chi connectivity index (χ0) is 55.2. The van der Waals surface area contributed by atoms with Crippen molar-refractivity contribution in [1.82, 2.24) is 0 Å². The fraction of sp³-hybridized carbons (Fsp3) is 0.586. The van der Waals surface area contributed by atoms with Gasteiger partial charge in [-0.3, -0.25) is 4.79 Å². The van der Waals surface area contributed by atoms with Crippen molar-refractivity contribution in [1.29, 1.82) is 0 Å². The molecule has 13 atom stereocenters. The van der Waals surface area contributed by atoms with Gasteiger partial charge in [0, 0.05) is 23.1 Å². The Morgan fingerprint density at radius 1 is 0.461 bits per heavy atom. The third kappa shape index (κ3) is 18.8. The predicted molar refractivity (Wildman–Crippen MR) is 327 cm³/mol. The molecule has 8 aliphatic carbocycles. The molecule has 2 N–H and O–H groups in total. The maximum absolute atomic E-state index is 12.0. The van der Waals surface area contributed by atoms with E-state index in [1.807, 2.05) is 184 Å². The summed E-state index contributed by atoms with van der Waals surface area (Å²) in [6, 6.07) is 43.6. The second-order valence-corrected chi connectivity index (χ2v) is 18.9. The van der Waals surface area contributed by atoms with Gasteiger partial charge in [0.05, 0.1) is 18.3 Å².